The molecule has 0 amide bonds. The Bertz CT molecular complexity index is 650. The van der Waals surface area contributed by atoms with Crippen LogP contribution in [0.3, 0.4) is 0 Å². The monoisotopic (exact) mass is 285 g/mol. The molecule has 0 saturated heterocycles. The Morgan fingerprint density at radius 2 is 1.95 bits per heavy atom. The molecule has 1 aromatic carbocycles. The maximum Gasteiger partial charge on any atom is 0.138 e. The van der Waals surface area contributed by atoms with Crippen LogP contribution < -0.4 is 5.73 Å². The topological polar surface area (TPSA) is 51.8 Å². The molecule has 1 aliphatic rings. The smallest absolute Gasteiger partial charge is 0.138 e. The van der Waals surface area contributed by atoms with Crippen molar-refractivity contribution in [2.75, 3.05) is 0 Å². The molecule has 1 atom stereocenters. The molecule has 2 N–H and O–H groups in total. The zero-order chi connectivity index (χ0) is 15.0. The molecule has 4 heteroatoms. The van der Waals surface area contributed by atoms with E-state index in [1.54, 1.807) is 12.1 Å². The molecule has 1 aliphatic carbocycles. The van der Waals surface area contributed by atoms with Crippen molar-refractivity contribution in [2.24, 2.45) is 5.73 Å². The fraction of sp³-hybridized carbons (Fsp3) is 0.412. The molecule has 0 bridgehead atoms. The molecule has 0 saturated carbocycles. The molecule has 3 rings (SSSR count). The van der Waals surface area contributed by atoms with E-state index in [-0.39, 0.29) is 17.3 Å². The molecule has 3 nitrogen and oxygen atoms in total. The summed E-state index contributed by atoms with van der Waals surface area (Å²) in [4.78, 5) is 9.28. The summed E-state index contributed by atoms with van der Waals surface area (Å²) in [7, 11) is 0. The molecule has 1 unspecified atom stereocenters. The SMILES string of the molecule is CC(C)(c1ccc(F)cc1)c1ncc2c(n1)CCCC2N. The van der Waals surface area contributed by atoms with E-state index in [9.17, 15) is 4.39 Å². The third-order valence-electron chi connectivity index (χ3n) is 4.35. The average Bonchev–Trinajstić information content (AvgIpc) is 2.47. The van der Waals surface area contributed by atoms with Crippen LogP contribution in [-0.4, -0.2) is 9.97 Å². The fourth-order valence-corrected chi connectivity index (χ4v) is 2.88. The van der Waals surface area contributed by atoms with Crippen molar-refractivity contribution in [2.45, 2.75) is 44.6 Å². The average molecular weight is 285 g/mol. The van der Waals surface area contributed by atoms with Gasteiger partial charge in [-0.15, -0.1) is 0 Å². The number of hydrogen-bond acceptors (Lipinski definition) is 3. The van der Waals surface area contributed by atoms with Crippen molar-refractivity contribution in [1.82, 2.24) is 9.97 Å². The molecular weight excluding hydrogens is 265 g/mol. The highest BCUT2D eigenvalue weighted by Gasteiger charge is 2.28. The molecule has 0 spiro atoms. The summed E-state index contributed by atoms with van der Waals surface area (Å²) in [5.74, 6) is 0.536. The van der Waals surface area contributed by atoms with E-state index in [1.165, 1.54) is 12.1 Å². The number of aryl methyl sites for hydroxylation is 1. The predicted molar refractivity (Wildman–Crippen MR) is 80.4 cm³/mol. The number of hydrogen-bond donors (Lipinski definition) is 1. The minimum atomic E-state index is -0.357. The summed E-state index contributed by atoms with van der Waals surface area (Å²) in [6.45, 7) is 4.12. The molecule has 110 valence electrons. The van der Waals surface area contributed by atoms with Gasteiger partial charge in [-0.1, -0.05) is 12.1 Å². The van der Waals surface area contributed by atoms with Crippen LogP contribution in [0, 0.1) is 5.82 Å². The van der Waals surface area contributed by atoms with Crippen LogP contribution in [0.2, 0.25) is 0 Å². The number of halogens is 1. The van der Waals surface area contributed by atoms with Crippen molar-refractivity contribution in [3.05, 3.63) is 58.9 Å². The summed E-state index contributed by atoms with van der Waals surface area (Å²) in [6, 6.07) is 6.60. The molecule has 0 fully saturated rings. The van der Waals surface area contributed by atoms with E-state index in [0.29, 0.717) is 0 Å². The Balaban J connectivity index is 2.01. The first-order valence-electron chi connectivity index (χ1n) is 7.36. The van der Waals surface area contributed by atoms with Gasteiger partial charge in [-0.05, 0) is 50.8 Å². The molecule has 1 heterocycles. The van der Waals surface area contributed by atoms with E-state index in [1.807, 2.05) is 6.20 Å². The van der Waals surface area contributed by atoms with Crippen LogP contribution in [0.5, 0.6) is 0 Å². The van der Waals surface area contributed by atoms with Crippen molar-refractivity contribution >= 4 is 0 Å². The molecule has 1 aromatic heterocycles. The van der Waals surface area contributed by atoms with Crippen molar-refractivity contribution in [1.29, 1.82) is 0 Å². The lowest BCUT2D eigenvalue weighted by Gasteiger charge is -2.27. The maximum absolute atomic E-state index is 13.1. The second-order valence-electron chi connectivity index (χ2n) is 6.23. The number of rotatable bonds is 2. The first kappa shape index (κ1) is 14.1. The molecule has 21 heavy (non-hydrogen) atoms. The van der Waals surface area contributed by atoms with Gasteiger partial charge in [-0.25, -0.2) is 14.4 Å². The Labute approximate surface area is 124 Å². The standard InChI is InChI=1S/C17H20FN3/c1-17(2,11-6-8-12(18)9-7-11)16-20-10-13-14(19)4-3-5-15(13)21-16/h6-10,14H,3-5,19H2,1-2H3. The number of fused-ring (bicyclic) bond motifs is 1. The highest BCUT2D eigenvalue weighted by Crippen LogP contribution is 2.32. The molecule has 0 aliphatic heterocycles. The van der Waals surface area contributed by atoms with Crippen molar-refractivity contribution in [3.63, 3.8) is 0 Å². The maximum atomic E-state index is 13.1. The first-order chi connectivity index (χ1) is 9.98. The van der Waals surface area contributed by atoms with Gasteiger partial charge in [0.25, 0.3) is 0 Å². The van der Waals surface area contributed by atoms with Crippen molar-refractivity contribution in [3.8, 4) is 0 Å². The molecule has 0 radical (unpaired) electrons. The third-order valence-corrected chi connectivity index (χ3v) is 4.35. The van der Waals surface area contributed by atoms with Crippen LogP contribution in [-0.2, 0) is 11.8 Å². The lowest BCUT2D eigenvalue weighted by molar-refractivity contribution is 0.530. The summed E-state index contributed by atoms with van der Waals surface area (Å²) in [5, 5.41) is 0. The second-order valence-corrected chi connectivity index (χ2v) is 6.23. The van der Waals surface area contributed by atoms with E-state index in [2.05, 4.69) is 18.8 Å². The third kappa shape index (κ3) is 2.56. The minimum absolute atomic E-state index is 0.0525. The van der Waals surface area contributed by atoms with E-state index >= 15 is 0 Å². The van der Waals surface area contributed by atoms with Gasteiger partial charge in [-0.3, -0.25) is 0 Å². The summed E-state index contributed by atoms with van der Waals surface area (Å²) in [5.41, 5.74) is 8.89. The van der Waals surface area contributed by atoms with Crippen molar-refractivity contribution < 1.29 is 4.39 Å². The van der Waals surface area contributed by atoms with Crippen LogP contribution in [0.4, 0.5) is 4.39 Å². The largest absolute Gasteiger partial charge is 0.324 e. The predicted octanol–water partition coefficient (Wildman–Crippen LogP) is 3.28. The van der Waals surface area contributed by atoms with Gasteiger partial charge in [-0.2, -0.15) is 0 Å². The van der Waals surface area contributed by atoms with Crippen LogP contribution in [0.1, 0.15) is 55.4 Å². The Hall–Kier alpha value is -1.81. The fourth-order valence-electron chi connectivity index (χ4n) is 2.88. The Kier molecular flexibility index (Phi) is 3.49. The molecule has 2 aromatic rings. The van der Waals surface area contributed by atoms with Gasteiger partial charge in [0.05, 0.1) is 0 Å². The Morgan fingerprint density at radius 1 is 1.24 bits per heavy atom. The molecular formula is C17H20FN3. The first-order valence-corrected chi connectivity index (χ1v) is 7.36. The number of aromatic nitrogens is 2. The van der Waals surface area contributed by atoms with Gasteiger partial charge in [0.15, 0.2) is 0 Å². The van der Waals surface area contributed by atoms with Crippen LogP contribution in [0.25, 0.3) is 0 Å². The number of nitrogens with two attached hydrogens (primary N) is 1. The second kappa shape index (κ2) is 5.19. The van der Waals surface area contributed by atoms with Gasteiger partial charge < -0.3 is 5.73 Å². The summed E-state index contributed by atoms with van der Waals surface area (Å²) < 4.78 is 13.1. The van der Waals surface area contributed by atoms with Crippen LogP contribution in [0.15, 0.2) is 30.5 Å². The zero-order valence-electron chi connectivity index (χ0n) is 12.4. The van der Waals surface area contributed by atoms with E-state index < -0.39 is 0 Å². The minimum Gasteiger partial charge on any atom is -0.324 e. The number of benzene rings is 1. The Morgan fingerprint density at radius 3 is 2.67 bits per heavy atom. The number of nitrogens with zero attached hydrogens (tertiary/aromatic N) is 2. The van der Waals surface area contributed by atoms with Crippen LogP contribution >= 0.6 is 0 Å². The van der Waals surface area contributed by atoms with Gasteiger partial charge in [0, 0.05) is 28.9 Å². The highest BCUT2D eigenvalue weighted by atomic mass is 19.1. The lowest BCUT2D eigenvalue weighted by Crippen LogP contribution is -2.26. The lowest BCUT2D eigenvalue weighted by atomic mass is 9.83. The quantitative estimate of drug-likeness (QED) is 0.921. The summed E-state index contributed by atoms with van der Waals surface area (Å²) in [6.07, 6.45) is 4.89. The van der Waals surface area contributed by atoms with Gasteiger partial charge in [0.2, 0.25) is 0 Å². The normalized spacial score (nSPS) is 18.4. The highest BCUT2D eigenvalue weighted by molar-refractivity contribution is 5.33. The van der Waals surface area contributed by atoms with E-state index in [0.717, 1.165) is 41.9 Å². The van der Waals surface area contributed by atoms with E-state index in [4.69, 9.17) is 10.7 Å². The van der Waals surface area contributed by atoms with Gasteiger partial charge >= 0.3 is 0 Å². The summed E-state index contributed by atoms with van der Waals surface area (Å²) >= 11 is 0. The van der Waals surface area contributed by atoms with Gasteiger partial charge in [0.1, 0.15) is 11.6 Å². The zero-order valence-corrected chi connectivity index (χ0v) is 12.4.